The van der Waals surface area contributed by atoms with Gasteiger partial charge in [0, 0.05) is 18.8 Å². The number of nitrogens with one attached hydrogen (secondary N) is 1. The van der Waals surface area contributed by atoms with Gasteiger partial charge in [0.25, 0.3) is 0 Å². The summed E-state index contributed by atoms with van der Waals surface area (Å²) < 4.78 is 16.6. The Balaban J connectivity index is 1.64. The second-order valence-electron chi connectivity index (χ2n) is 8.13. The minimum absolute atomic E-state index is 0.112. The molecule has 3 fully saturated rings. The number of esters is 1. The zero-order valence-corrected chi connectivity index (χ0v) is 17.7. The lowest BCUT2D eigenvalue weighted by Gasteiger charge is -2.33. The molecule has 0 saturated carbocycles. The smallest absolute Gasteiger partial charge is 0.312 e. The number of hydrogen-bond donors (Lipinski definition) is 2. The Morgan fingerprint density at radius 2 is 2.06 bits per heavy atom. The van der Waals surface area contributed by atoms with E-state index in [0.29, 0.717) is 30.7 Å². The number of aliphatic hydroxyl groups is 1. The highest BCUT2D eigenvalue weighted by molar-refractivity contribution is 6.03. The largest absolute Gasteiger partial charge is 0.497 e. The molecule has 0 aromatic heterocycles. The van der Waals surface area contributed by atoms with E-state index in [1.54, 1.807) is 38.3 Å². The Labute approximate surface area is 180 Å². The molecular formula is C22H28N2O7. The highest BCUT2D eigenvalue weighted by Gasteiger charge is 2.74. The van der Waals surface area contributed by atoms with E-state index in [4.69, 9.17) is 14.2 Å². The predicted molar refractivity (Wildman–Crippen MR) is 109 cm³/mol. The first kappa shape index (κ1) is 21.6. The lowest BCUT2D eigenvalue weighted by Crippen LogP contribution is -2.53. The molecule has 9 heteroatoms. The van der Waals surface area contributed by atoms with E-state index in [1.165, 1.54) is 4.90 Å². The summed E-state index contributed by atoms with van der Waals surface area (Å²) in [4.78, 5) is 40.9. The number of nitrogens with zero attached hydrogens (tertiary/aromatic N) is 1. The van der Waals surface area contributed by atoms with Gasteiger partial charge >= 0.3 is 5.97 Å². The van der Waals surface area contributed by atoms with Gasteiger partial charge in [0.1, 0.15) is 17.4 Å². The second-order valence-corrected chi connectivity index (χ2v) is 8.13. The van der Waals surface area contributed by atoms with Crippen LogP contribution in [0.1, 0.15) is 26.2 Å². The molecule has 2 bridgehead atoms. The molecule has 0 aliphatic carbocycles. The molecule has 3 heterocycles. The third-order valence-electron chi connectivity index (χ3n) is 6.52. The van der Waals surface area contributed by atoms with Crippen LogP contribution in [0.2, 0.25) is 0 Å². The summed E-state index contributed by atoms with van der Waals surface area (Å²) in [6.07, 6.45) is 1.01. The van der Waals surface area contributed by atoms with E-state index in [0.717, 1.165) is 0 Å². The third kappa shape index (κ3) is 3.45. The van der Waals surface area contributed by atoms with Gasteiger partial charge in [-0.3, -0.25) is 14.4 Å². The molecule has 0 unspecified atom stereocenters. The summed E-state index contributed by atoms with van der Waals surface area (Å²) in [6, 6.07) is 6.01. The summed E-state index contributed by atoms with van der Waals surface area (Å²) >= 11 is 0. The van der Waals surface area contributed by atoms with Gasteiger partial charge in [-0.25, -0.2) is 0 Å². The van der Waals surface area contributed by atoms with Crippen molar-refractivity contribution >= 4 is 23.5 Å². The van der Waals surface area contributed by atoms with Gasteiger partial charge in [0.05, 0.1) is 31.7 Å². The van der Waals surface area contributed by atoms with Gasteiger partial charge in [-0.2, -0.15) is 0 Å². The Morgan fingerprint density at radius 1 is 1.32 bits per heavy atom. The fourth-order valence-electron chi connectivity index (χ4n) is 5.33. The molecule has 0 radical (unpaired) electrons. The standard InChI is InChI=1S/C22H28N2O7/c1-3-30-21(28)16-15-9-10-22(31-15)17(16)20(27)24(11-4-12-25)18(22)19(26)23-13-5-7-14(29-2)8-6-13/h5-8,15-18,25H,3-4,9-12H2,1-2H3,(H,23,26)/t15-,16+,17+,18-,22+/m1/s1. The zero-order valence-electron chi connectivity index (χ0n) is 17.7. The summed E-state index contributed by atoms with van der Waals surface area (Å²) in [7, 11) is 1.56. The Kier molecular flexibility index (Phi) is 5.90. The van der Waals surface area contributed by atoms with E-state index >= 15 is 0 Å². The third-order valence-corrected chi connectivity index (χ3v) is 6.52. The average molecular weight is 432 g/mol. The lowest BCUT2D eigenvalue weighted by atomic mass is 9.71. The average Bonchev–Trinajstić information content (AvgIpc) is 3.40. The molecular weight excluding hydrogens is 404 g/mol. The Bertz CT molecular complexity index is 858. The molecule has 2 amide bonds. The van der Waals surface area contributed by atoms with Crippen molar-refractivity contribution in [2.24, 2.45) is 11.8 Å². The van der Waals surface area contributed by atoms with Crippen LogP contribution in [0.4, 0.5) is 5.69 Å². The maximum atomic E-state index is 13.4. The van der Waals surface area contributed by atoms with E-state index in [1.807, 2.05) is 0 Å². The van der Waals surface area contributed by atoms with Crippen LogP contribution >= 0.6 is 0 Å². The summed E-state index contributed by atoms with van der Waals surface area (Å²) in [5.41, 5.74) is -0.500. The molecule has 9 nitrogen and oxygen atoms in total. The van der Waals surface area contributed by atoms with E-state index in [-0.39, 0.29) is 31.6 Å². The van der Waals surface area contributed by atoms with Crippen molar-refractivity contribution in [2.75, 3.05) is 32.2 Å². The zero-order chi connectivity index (χ0) is 22.2. The van der Waals surface area contributed by atoms with Crippen molar-refractivity contribution in [1.82, 2.24) is 4.90 Å². The number of rotatable bonds is 8. The molecule has 5 atom stereocenters. The number of amides is 2. The number of carbonyl (C=O) groups excluding carboxylic acids is 3. The quantitative estimate of drug-likeness (QED) is 0.588. The van der Waals surface area contributed by atoms with E-state index in [9.17, 15) is 19.5 Å². The highest BCUT2D eigenvalue weighted by atomic mass is 16.6. The number of anilines is 1. The molecule has 1 aromatic carbocycles. The minimum Gasteiger partial charge on any atom is -0.497 e. The van der Waals surface area contributed by atoms with Gasteiger partial charge in [-0.1, -0.05) is 0 Å². The van der Waals surface area contributed by atoms with Gasteiger partial charge in [0.2, 0.25) is 11.8 Å². The topological polar surface area (TPSA) is 114 Å². The van der Waals surface area contributed by atoms with Gasteiger partial charge < -0.3 is 29.5 Å². The molecule has 1 aromatic rings. The first-order valence-corrected chi connectivity index (χ1v) is 10.7. The number of ether oxygens (including phenoxy) is 3. The lowest BCUT2D eigenvalue weighted by molar-refractivity contribution is -0.154. The van der Waals surface area contributed by atoms with Crippen molar-refractivity contribution < 1.29 is 33.7 Å². The summed E-state index contributed by atoms with van der Waals surface area (Å²) in [5.74, 6) is -1.92. The van der Waals surface area contributed by atoms with E-state index < -0.39 is 35.6 Å². The Morgan fingerprint density at radius 3 is 2.71 bits per heavy atom. The van der Waals surface area contributed by atoms with Crippen molar-refractivity contribution in [3.8, 4) is 5.75 Å². The molecule has 3 aliphatic rings. The molecule has 3 saturated heterocycles. The van der Waals surface area contributed by atoms with Crippen molar-refractivity contribution in [1.29, 1.82) is 0 Å². The molecule has 2 N–H and O–H groups in total. The van der Waals surface area contributed by atoms with Crippen LogP contribution in [0.15, 0.2) is 24.3 Å². The van der Waals surface area contributed by atoms with Gasteiger partial charge in [0.15, 0.2) is 0 Å². The molecule has 168 valence electrons. The summed E-state index contributed by atoms with van der Waals surface area (Å²) in [5, 5.41) is 12.2. The maximum Gasteiger partial charge on any atom is 0.312 e. The first-order valence-electron chi connectivity index (χ1n) is 10.7. The van der Waals surface area contributed by atoms with Crippen LogP contribution in [-0.2, 0) is 23.9 Å². The molecule has 4 rings (SSSR count). The SMILES string of the molecule is CCOC(=O)[C@@H]1[C@H]2C(=O)N(CCCO)[C@H](C(=O)Nc3ccc(OC)cc3)[C@]23CC[C@H]1O3. The van der Waals surface area contributed by atoms with E-state index in [2.05, 4.69) is 5.32 Å². The molecule has 3 aliphatic heterocycles. The number of benzene rings is 1. The van der Waals surface area contributed by atoms with Crippen LogP contribution in [-0.4, -0.2) is 72.4 Å². The van der Waals surface area contributed by atoms with Crippen LogP contribution in [0, 0.1) is 11.8 Å². The van der Waals surface area contributed by atoms with Crippen molar-refractivity contribution in [3.05, 3.63) is 24.3 Å². The predicted octanol–water partition coefficient (Wildman–Crippen LogP) is 0.954. The maximum absolute atomic E-state index is 13.4. The van der Waals surface area contributed by atoms with Crippen LogP contribution in [0.3, 0.4) is 0 Å². The molecule has 1 spiro atoms. The van der Waals surface area contributed by atoms with Crippen molar-refractivity contribution in [2.45, 2.75) is 43.9 Å². The number of hydrogen-bond acceptors (Lipinski definition) is 7. The van der Waals surface area contributed by atoms with Gasteiger partial charge in [-0.05, 0) is 50.5 Å². The van der Waals surface area contributed by atoms with Crippen LogP contribution < -0.4 is 10.1 Å². The van der Waals surface area contributed by atoms with Gasteiger partial charge in [-0.15, -0.1) is 0 Å². The fraction of sp³-hybridized carbons (Fsp3) is 0.591. The van der Waals surface area contributed by atoms with Crippen LogP contribution in [0.5, 0.6) is 5.75 Å². The molecule has 31 heavy (non-hydrogen) atoms. The minimum atomic E-state index is -1.06. The Hall–Kier alpha value is -2.65. The monoisotopic (exact) mass is 432 g/mol. The van der Waals surface area contributed by atoms with Crippen LogP contribution in [0.25, 0.3) is 0 Å². The number of fused-ring (bicyclic) bond motifs is 1. The second kappa shape index (κ2) is 8.47. The number of carbonyl (C=O) groups is 3. The normalized spacial score (nSPS) is 30.9. The fourth-order valence-corrected chi connectivity index (χ4v) is 5.33. The number of methoxy groups -OCH3 is 1. The number of likely N-dealkylation sites (tertiary alicyclic amines) is 1. The van der Waals surface area contributed by atoms with Crippen molar-refractivity contribution in [3.63, 3.8) is 0 Å². The highest BCUT2D eigenvalue weighted by Crippen LogP contribution is 2.58. The summed E-state index contributed by atoms with van der Waals surface area (Å²) in [6.45, 7) is 2.03. The first-order chi connectivity index (χ1) is 15.0. The number of aliphatic hydroxyl groups excluding tert-OH is 1.